The van der Waals surface area contributed by atoms with Gasteiger partial charge in [-0.2, -0.15) is 30.9 Å². The molecule has 0 radical (unpaired) electrons. The average Bonchev–Trinajstić information content (AvgIpc) is 2.62. The van der Waals surface area contributed by atoms with E-state index in [9.17, 15) is 0 Å². The third kappa shape index (κ3) is 2.05. The zero-order chi connectivity index (χ0) is 12.4. The summed E-state index contributed by atoms with van der Waals surface area (Å²) in [4.78, 5) is 0. The van der Waals surface area contributed by atoms with Crippen molar-refractivity contribution in [3.05, 3.63) is 0 Å². The fraction of sp³-hybridized carbons (Fsp3) is 0.333. The third-order valence-corrected chi connectivity index (χ3v) is 4.98. The Balaban J connectivity index is 2.92. The van der Waals surface area contributed by atoms with Crippen molar-refractivity contribution in [1.82, 2.24) is 24.2 Å². The fourth-order valence-corrected chi connectivity index (χ4v) is 4.11. The molecule has 0 atom stereocenters. The molecule has 11 heteroatoms. The number of fused-ring (bicyclic) bond motifs is 1. The van der Waals surface area contributed by atoms with Gasteiger partial charge in [-0.3, -0.25) is 0 Å². The van der Waals surface area contributed by atoms with Gasteiger partial charge in [-0.05, 0) is 15.5 Å². The van der Waals surface area contributed by atoms with Crippen molar-refractivity contribution in [2.45, 2.75) is 5.79 Å². The lowest BCUT2D eigenvalue weighted by Gasteiger charge is -2.03. The summed E-state index contributed by atoms with van der Waals surface area (Å²) < 4.78 is 1.94. The van der Waals surface area contributed by atoms with Crippen molar-refractivity contribution in [3.8, 4) is 0 Å². The van der Waals surface area contributed by atoms with E-state index in [4.69, 9.17) is 5.53 Å². The molecular weight excluding hydrogens is 352 g/mol. The SMILES string of the molecule is CN=Nc1c(N=[NH2+])c2nnnnc2[n]1[Al]([CH3])[I]. The Labute approximate surface area is 111 Å². The van der Waals surface area contributed by atoms with E-state index >= 15 is 0 Å². The molecule has 0 aliphatic carbocycles. The number of aromatic nitrogens is 5. The lowest BCUT2D eigenvalue weighted by molar-refractivity contribution is -0.210. The number of halogens is 1. The number of nitrogens with two attached hydrogens (primary N) is 1. The summed E-state index contributed by atoms with van der Waals surface area (Å²) in [5, 5.41) is 26.4. The van der Waals surface area contributed by atoms with Crippen LogP contribution in [-0.2, 0) is 0 Å². The highest BCUT2D eigenvalue weighted by atomic mass is 127. The molecule has 0 bridgehead atoms. The molecule has 0 amide bonds. The van der Waals surface area contributed by atoms with Gasteiger partial charge < -0.3 is 3.55 Å². The van der Waals surface area contributed by atoms with Gasteiger partial charge in [-0.15, -0.1) is 15.3 Å². The van der Waals surface area contributed by atoms with Gasteiger partial charge in [-0.1, -0.05) is 5.79 Å². The first-order chi connectivity index (χ1) is 8.20. The Hall–Kier alpha value is -1.06. The van der Waals surface area contributed by atoms with Crippen LogP contribution < -0.4 is 5.53 Å². The monoisotopic (exact) mass is 360 g/mol. The summed E-state index contributed by atoms with van der Waals surface area (Å²) >= 11 is 1.06. The number of nitrogens with zero attached hydrogens (tertiary/aromatic N) is 8. The standard InChI is InChI=1S/C5H4N9.CH3.Al.HI/c1-7-11-4-2(9-6)3-5(8-4)12-14-13-10-3;;;/h6H,1H3;1H3;;1H/q-1;;+2;. The topological polar surface area (TPSA) is 119 Å². The predicted molar refractivity (Wildman–Crippen MR) is 68.6 cm³/mol. The second kappa shape index (κ2) is 5.07. The molecule has 0 saturated heterocycles. The first-order valence-electron chi connectivity index (χ1n) is 4.65. The smallest absolute Gasteiger partial charge is 0.388 e. The molecule has 0 saturated carbocycles. The minimum atomic E-state index is -1.30. The van der Waals surface area contributed by atoms with Gasteiger partial charge in [0.1, 0.15) is 0 Å². The summed E-state index contributed by atoms with van der Waals surface area (Å²) in [5.74, 6) is 2.67. The van der Waals surface area contributed by atoms with E-state index in [1.807, 2.05) is 3.55 Å². The molecule has 9 nitrogen and oxygen atoms in total. The van der Waals surface area contributed by atoms with E-state index in [0.717, 1.165) is 0 Å². The van der Waals surface area contributed by atoms with Crippen molar-refractivity contribution in [1.29, 1.82) is 0 Å². The van der Waals surface area contributed by atoms with Gasteiger partial charge in [0.15, 0.2) is 17.0 Å². The average molecular weight is 360 g/mol. The number of azo groups is 1. The molecule has 0 aliphatic heterocycles. The Morgan fingerprint density at radius 1 is 1.35 bits per heavy atom. The molecule has 2 aromatic rings. The van der Waals surface area contributed by atoms with Crippen LogP contribution in [0.3, 0.4) is 0 Å². The van der Waals surface area contributed by atoms with Crippen molar-refractivity contribution in [2.75, 3.05) is 7.05 Å². The maximum atomic E-state index is 5.37. The van der Waals surface area contributed by atoms with Crippen molar-refractivity contribution in [3.63, 3.8) is 0 Å². The van der Waals surface area contributed by atoms with E-state index in [1.165, 1.54) is 0 Å². The van der Waals surface area contributed by atoms with Crippen LogP contribution in [0.15, 0.2) is 15.3 Å². The van der Waals surface area contributed by atoms with Crippen molar-refractivity contribution < 1.29 is 5.53 Å². The zero-order valence-corrected chi connectivity index (χ0v) is 12.4. The van der Waals surface area contributed by atoms with Gasteiger partial charge in [0.05, 0.1) is 0 Å². The molecule has 2 aromatic heterocycles. The summed E-state index contributed by atoms with van der Waals surface area (Å²) in [6, 6.07) is 0. The van der Waals surface area contributed by atoms with Crippen LogP contribution in [0.1, 0.15) is 0 Å². The lowest BCUT2D eigenvalue weighted by Crippen LogP contribution is -2.22. The normalized spacial score (nSPS) is 11.2. The Bertz CT molecular complexity index is 590. The summed E-state index contributed by atoms with van der Waals surface area (Å²) in [6.45, 7) is 0. The Kier molecular flexibility index (Phi) is 3.70. The van der Waals surface area contributed by atoms with Crippen LogP contribution in [-0.4, -0.2) is 42.3 Å². The van der Waals surface area contributed by atoms with Gasteiger partial charge in [0, 0.05) is 7.05 Å². The summed E-state index contributed by atoms with van der Waals surface area (Å²) in [5.41, 5.74) is 6.91. The van der Waals surface area contributed by atoms with Crippen molar-refractivity contribution >= 4 is 54.0 Å². The van der Waals surface area contributed by atoms with E-state index < -0.39 is 11.1 Å². The van der Waals surface area contributed by atoms with Crippen LogP contribution in [0.2, 0.25) is 5.79 Å². The molecule has 0 unspecified atom stereocenters. The van der Waals surface area contributed by atoms with Gasteiger partial charge in [-0.25, -0.2) is 0 Å². The molecule has 86 valence electrons. The second-order valence-corrected chi connectivity index (χ2v) is 10.2. The maximum Gasteiger partial charge on any atom is 0.507 e. The highest BCUT2D eigenvalue weighted by molar-refractivity contribution is 14.1. The van der Waals surface area contributed by atoms with Crippen LogP contribution in [0.4, 0.5) is 11.5 Å². The second-order valence-electron chi connectivity index (χ2n) is 3.10. The molecule has 0 aliphatic rings. The summed E-state index contributed by atoms with van der Waals surface area (Å²) in [7, 11) is 1.58. The largest absolute Gasteiger partial charge is 0.507 e. The maximum absolute atomic E-state index is 5.37. The first-order valence-corrected chi connectivity index (χ1v) is 10.5. The Morgan fingerprint density at radius 2 is 2.06 bits per heavy atom. The van der Waals surface area contributed by atoms with Crippen LogP contribution in [0, 0.1) is 0 Å². The minimum absolute atomic E-state index is 0.448. The fourth-order valence-electron chi connectivity index (χ4n) is 1.50. The van der Waals surface area contributed by atoms with E-state index in [-0.39, 0.29) is 0 Å². The van der Waals surface area contributed by atoms with E-state index in [1.54, 1.807) is 7.05 Å². The number of rotatable bonds is 3. The quantitative estimate of drug-likeness (QED) is 0.477. The van der Waals surface area contributed by atoms with E-state index in [0.29, 0.717) is 22.7 Å². The molecule has 17 heavy (non-hydrogen) atoms. The van der Waals surface area contributed by atoms with Gasteiger partial charge >= 0.3 is 11.1 Å². The van der Waals surface area contributed by atoms with E-state index in [2.05, 4.69) is 62.0 Å². The first kappa shape index (κ1) is 12.4. The van der Waals surface area contributed by atoms with Crippen molar-refractivity contribution in [2.24, 2.45) is 15.3 Å². The van der Waals surface area contributed by atoms with Crippen LogP contribution >= 0.6 is 20.3 Å². The molecule has 0 fully saturated rings. The summed E-state index contributed by atoms with van der Waals surface area (Å²) in [6.07, 6.45) is 0. The number of hydrogen-bond acceptors (Lipinski definition) is 7. The minimum Gasteiger partial charge on any atom is -0.388 e. The zero-order valence-electron chi connectivity index (χ0n) is 9.11. The molecule has 0 spiro atoms. The lowest BCUT2D eigenvalue weighted by atomic mass is 10.4. The van der Waals surface area contributed by atoms with Gasteiger partial charge in [0.25, 0.3) is 0 Å². The third-order valence-electron chi connectivity index (χ3n) is 2.11. The van der Waals surface area contributed by atoms with Gasteiger partial charge in [0.2, 0.25) is 5.69 Å². The molecule has 2 N–H and O–H groups in total. The highest BCUT2D eigenvalue weighted by Crippen LogP contribution is 2.37. The van der Waals surface area contributed by atoms with Crippen LogP contribution in [0.25, 0.3) is 11.2 Å². The molecule has 2 heterocycles. The number of hydrogen-bond donors (Lipinski definition) is 1. The molecule has 0 aromatic carbocycles. The highest BCUT2D eigenvalue weighted by Gasteiger charge is 2.26. The predicted octanol–water partition coefficient (Wildman–Crippen LogP) is 0.179. The van der Waals surface area contributed by atoms with Crippen LogP contribution in [0.5, 0.6) is 0 Å². The molecular formula is C6H8AlIN9+. The Morgan fingerprint density at radius 3 is 2.65 bits per heavy atom. The molecule has 2 rings (SSSR count).